The summed E-state index contributed by atoms with van der Waals surface area (Å²) in [4.78, 5) is 52.1. The second-order valence-electron chi connectivity index (χ2n) is 7.67. The summed E-state index contributed by atoms with van der Waals surface area (Å²) in [6.45, 7) is 4.17. The maximum absolute atomic E-state index is 12.8. The van der Waals surface area contributed by atoms with Crippen molar-refractivity contribution in [3.05, 3.63) is 29.3 Å². The summed E-state index contributed by atoms with van der Waals surface area (Å²) in [6, 6.07) is 4.69. The molecule has 0 saturated carbocycles. The Labute approximate surface area is 168 Å². The minimum atomic E-state index is -0.676. The standard InChI is InChI=1S/C20H24N4O5/c1-12-9-23(8-7-21-12)18(26)11-29-16-4-2-3-13-14(16)10-24(20(13)28)15-5-6-17(25)22-19(15)27/h2-4,12,15,21H,5-11H2,1H3,(H,22,25,27)/t12-,15?/m1/s1. The number of carbonyl (C=O) groups is 4. The first-order chi connectivity index (χ1) is 13.9. The van der Waals surface area contributed by atoms with E-state index >= 15 is 0 Å². The lowest BCUT2D eigenvalue weighted by Crippen LogP contribution is -2.52. The molecule has 0 radical (unpaired) electrons. The molecule has 2 atom stereocenters. The van der Waals surface area contributed by atoms with Gasteiger partial charge in [-0.25, -0.2) is 0 Å². The zero-order valence-corrected chi connectivity index (χ0v) is 16.3. The number of carbonyl (C=O) groups excluding carboxylic acids is 4. The maximum atomic E-state index is 12.8. The van der Waals surface area contributed by atoms with Gasteiger partial charge in [0.25, 0.3) is 11.8 Å². The first-order valence-corrected chi connectivity index (χ1v) is 9.84. The van der Waals surface area contributed by atoms with Crippen LogP contribution in [0.15, 0.2) is 18.2 Å². The van der Waals surface area contributed by atoms with Crippen molar-refractivity contribution in [3.63, 3.8) is 0 Å². The van der Waals surface area contributed by atoms with Gasteiger partial charge in [-0.05, 0) is 25.5 Å². The molecule has 29 heavy (non-hydrogen) atoms. The molecule has 9 heteroatoms. The molecule has 0 aliphatic carbocycles. The molecule has 0 aromatic heterocycles. The number of piperidine rings is 1. The van der Waals surface area contributed by atoms with Crippen LogP contribution >= 0.6 is 0 Å². The topological polar surface area (TPSA) is 108 Å². The predicted molar refractivity (Wildman–Crippen MR) is 102 cm³/mol. The van der Waals surface area contributed by atoms with Gasteiger partial charge in [0.1, 0.15) is 11.8 Å². The number of imide groups is 1. The summed E-state index contributed by atoms with van der Waals surface area (Å²) in [5.74, 6) is -0.653. The average Bonchev–Trinajstić information content (AvgIpc) is 3.03. The second-order valence-corrected chi connectivity index (χ2v) is 7.67. The largest absolute Gasteiger partial charge is 0.483 e. The van der Waals surface area contributed by atoms with E-state index in [0.29, 0.717) is 36.4 Å². The van der Waals surface area contributed by atoms with Gasteiger partial charge >= 0.3 is 0 Å². The van der Waals surface area contributed by atoms with E-state index in [9.17, 15) is 19.2 Å². The van der Waals surface area contributed by atoms with E-state index in [2.05, 4.69) is 10.6 Å². The number of benzene rings is 1. The molecule has 2 fully saturated rings. The smallest absolute Gasteiger partial charge is 0.260 e. The van der Waals surface area contributed by atoms with Crippen LogP contribution in [0.25, 0.3) is 0 Å². The third-order valence-corrected chi connectivity index (χ3v) is 5.61. The molecule has 0 spiro atoms. The van der Waals surface area contributed by atoms with Gasteiger partial charge in [0, 0.05) is 43.2 Å². The van der Waals surface area contributed by atoms with E-state index in [0.717, 1.165) is 6.54 Å². The Hall–Kier alpha value is -2.94. The monoisotopic (exact) mass is 400 g/mol. The van der Waals surface area contributed by atoms with Crippen molar-refractivity contribution in [2.45, 2.75) is 38.4 Å². The maximum Gasteiger partial charge on any atom is 0.260 e. The van der Waals surface area contributed by atoms with Crippen LogP contribution < -0.4 is 15.4 Å². The van der Waals surface area contributed by atoms with Gasteiger partial charge in [0.15, 0.2) is 6.61 Å². The molecule has 1 aromatic carbocycles. The lowest BCUT2D eigenvalue weighted by molar-refractivity contribution is -0.137. The van der Waals surface area contributed by atoms with E-state index in [1.54, 1.807) is 23.1 Å². The highest BCUT2D eigenvalue weighted by atomic mass is 16.5. The van der Waals surface area contributed by atoms with Crippen molar-refractivity contribution < 1.29 is 23.9 Å². The third kappa shape index (κ3) is 3.82. The third-order valence-electron chi connectivity index (χ3n) is 5.61. The molecule has 2 N–H and O–H groups in total. The van der Waals surface area contributed by atoms with Crippen molar-refractivity contribution >= 4 is 23.6 Å². The Bertz CT molecular complexity index is 870. The molecule has 2 saturated heterocycles. The molecule has 0 bridgehead atoms. The average molecular weight is 400 g/mol. The quantitative estimate of drug-likeness (QED) is 0.669. The fraction of sp³-hybridized carbons (Fsp3) is 0.500. The van der Waals surface area contributed by atoms with Crippen LogP contribution in [0, 0.1) is 0 Å². The normalized spacial score (nSPS) is 24.4. The first-order valence-electron chi connectivity index (χ1n) is 9.84. The van der Waals surface area contributed by atoms with Crippen LogP contribution in [0.1, 0.15) is 35.7 Å². The summed E-state index contributed by atoms with van der Waals surface area (Å²) in [5.41, 5.74) is 1.14. The first kappa shape index (κ1) is 19.4. The van der Waals surface area contributed by atoms with E-state index < -0.39 is 11.9 Å². The fourth-order valence-corrected chi connectivity index (χ4v) is 4.08. The van der Waals surface area contributed by atoms with Crippen molar-refractivity contribution in [2.75, 3.05) is 26.2 Å². The molecule has 4 amide bonds. The predicted octanol–water partition coefficient (Wildman–Crippen LogP) is -0.353. The van der Waals surface area contributed by atoms with Gasteiger partial charge in [0.2, 0.25) is 11.8 Å². The Kier molecular flexibility index (Phi) is 5.23. The number of hydrogen-bond donors (Lipinski definition) is 2. The molecule has 3 aliphatic heterocycles. The van der Waals surface area contributed by atoms with E-state index in [4.69, 9.17) is 4.74 Å². The minimum absolute atomic E-state index is 0.0951. The lowest BCUT2D eigenvalue weighted by atomic mass is 10.0. The van der Waals surface area contributed by atoms with Crippen LogP contribution in [-0.4, -0.2) is 71.8 Å². The zero-order valence-electron chi connectivity index (χ0n) is 16.3. The van der Waals surface area contributed by atoms with Crippen LogP contribution in [-0.2, 0) is 20.9 Å². The van der Waals surface area contributed by atoms with Gasteiger partial charge < -0.3 is 19.9 Å². The number of nitrogens with one attached hydrogen (secondary N) is 2. The molecule has 154 valence electrons. The molecule has 4 rings (SSSR count). The Morgan fingerprint density at radius 2 is 2.10 bits per heavy atom. The Morgan fingerprint density at radius 3 is 2.86 bits per heavy atom. The highest BCUT2D eigenvalue weighted by molar-refractivity contribution is 6.05. The summed E-state index contributed by atoms with van der Waals surface area (Å²) in [5, 5.41) is 5.58. The molecule has 1 aromatic rings. The van der Waals surface area contributed by atoms with Crippen LogP contribution in [0.5, 0.6) is 5.75 Å². The molecule has 9 nitrogen and oxygen atoms in total. The van der Waals surface area contributed by atoms with Gasteiger partial charge in [-0.15, -0.1) is 0 Å². The summed E-state index contributed by atoms with van der Waals surface area (Å²) in [7, 11) is 0. The Morgan fingerprint density at radius 1 is 1.28 bits per heavy atom. The zero-order chi connectivity index (χ0) is 20.5. The van der Waals surface area contributed by atoms with Gasteiger partial charge in [-0.2, -0.15) is 0 Å². The molecule has 3 aliphatic rings. The minimum Gasteiger partial charge on any atom is -0.483 e. The molecule has 3 heterocycles. The number of ether oxygens (including phenoxy) is 1. The number of hydrogen-bond acceptors (Lipinski definition) is 6. The SMILES string of the molecule is C[C@@H]1CN(C(=O)COc2cccc3c2CN(C2CCC(=O)NC2=O)C3=O)CCN1. The highest BCUT2D eigenvalue weighted by Gasteiger charge is 2.40. The highest BCUT2D eigenvalue weighted by Crippen LogP contribution is 2.33. The fourth-order valence-electron chi connectivity index (χ4n) is 4.08. The second kappa shape index (κ2) is 7.82. The molecular weight excluding hydrogens is 376 g/mol. The van der Waals surface area contributed by atoms with Gasteiger partial charge in [-0.3, -0.25) is 24.5 Å². The lowest BCUT2D eigenvalue weighted by Gasteiger charge is -2.31. The number of piperazine rings is 1. The van der Waals surface area contributed by atoms with Crippen LogP contribution in [0.2, 0.25) is 0 Å². The van der Waals surface area contributed by atoms with Crippen molar-refractivity contribution in [1.82, 2.24) is 20.4 Å². The molecular formula is C20H24N4O5. The number of amides is 4. The van der Waals surface area contributed by atoms with Crippen molar-refractivity contribution in [1.29, 1.82) is 0 Å². The number of nitrogens with zero attached hydrogens (tertiary/aromatic N) is 2. The van der Waals surface area contributed by atoms with E-state index in [-0.39, 0.29) is 43.3 Å². The van der Waals surface area contributed by atoms with Gasteiger partial charge in [0.05, 0.1) is 6.54 Å². The van der Waals surface area contributed by atoms with Crippen LogP contribution in [0.4, 0.5) is 0 Å². The van der Waals surface area contributed by atoms with Crippen LogP contribution in [0.3, 0.4) is 0 Å². The van der Waals surface area contributed by atoms with E-state index in [1.165, 1.54) is 4.90 Å². The number of fused-ring (bicyclic) bond motifs is 1. The summed E-state index contributed by atoms with van der Waals surface area (Å²) < 4.78 is 5.78. The van der Waals surface area contributed by atoms with Crippen molar-refractivity contribution in [3.8, 4) is 5.75 Å². The van der Waals surface area contributed by atoms with E-state index in [1.807, 2.05) is 6.92 Å². The summed E-state index contributed by atoms with van der Waals surface area (Å²) >= 11 is 0. The number of rotatable bonds is 4. The Balaban J connectivity index is 1.45. The summed E-state index contributed by atoms with van der Waals surface area (Å²) in [6.07, 6.45) is 0.512. The van der Waals surface area contributed by atoms with Gasteiger partial charge in [-0.1, -0.05) is 6.07 Å². The molecule has 1 unspecified atom stereocenters. The van der Waals surface area contributed by atoms with Crippen molar-refractivity contribution in [2.24, 2.45) is 0 Å².